The lowest BCUT2D eigenvalue weighted by Crippen LogP contribution is -2.01. The van der Waals surface area contributed by atoms with E-state index in [4.69, 9.17) is 27.9 Å². The third kappa shape index (κ3) is 2.78. The highest BCUT2D eigenvalue weighted by Gasteiger charge is 2.15. The monoisotopic (exact) mass is 282 g/mol. The van der Waals surface area contributed by atoms with Gasteiger partial charge in [0.2, 0.25) is 0 Å². The Morgan fingerprint density at radius 1 is 1.11 bits per heavy atom. The largest absolute Gasteiger partial charge is 0.497 e. The van der Waals surface area contributed by atoms with Crippen molar-refractivity contribution in [1.82, 2.24) is 0 Å². The van der Waals surface area contributed by atoms with Crippen LogP contribution in [-0.2, 0) is 0 Å². The van der Waals surface area contributed by atoms with Gasteiger partial charge in [-0.3, -0.25) is 0 Å². The van der Waals surface area contributed by atoms with E-state index >= 15 is 0 Å². The maximum absolute atomic E-state index is 10.3. The summed E-state index contributed by atoms with van der Waals surface area (Å²) < 4.78 is 5.12. The number of benzene rings is 2. The molecule has 1 atom stereocenters. The summed E-state index contributed by atoms with van der Waals surface area (Å²) in [5.41, 5.74) is 1.29. The number of hydrogen-bond acceptors (Lipinski definition) is 2. The van der Waals surface area contributed by atoms with Gasteiger partial charge in [-0.1, -0.05) is 35.3 Å². The van der Waals surface area contributed by atoms with Gasteiger partial charge < -0.3 is 9.84 Å². The second-order valence-corrected chi connectivity index (χ2v) is 4.69. The highest BCUT2D eigenvalue weighted by atomic mass is 35.5. The number of halogens is 2. The first-order chi connectivity index (χ1) is 8.61. The third-order valence-electron chi connectivity index (χ3n) is 2.66. The fourth-order valence-electron chi connectivity index (χ4n) is 1.72. The van der Waals surface area contributed by atoms with Gasteiger partial charge in [0.25, 0.3) is 0 Å². The van der Waals surface area contributed by atoms with E-state index in [1.165, 1.54) is 0 Å². The molecule has 0 fully saturated rings. The average molecular weight is 283 g/mol. The maximum atomic E-state index is 10.3. The lowest BCUT2D eigenvalue weighted by Gasteiger charge is -2.14. The maximum Gasteiger partial charge on any atom is 0.119 e. The van der Waals surface area contributed by atoms with E-state index in [1.54, 1.807) is 31.4 Å². The Morgan fingerprint density at radius 3 is 2.61 bits per heavy atom. The van der Waals surface area contributed by atoms with Crippen LogP contribution in [0.15, 0.2) is 42.5 Å². The fraction of sp³-hybridized carbons (Fsp3) is 0.143. The Bertz CT molecular complexity index is 555. The van der Waals surface area contributed by atoms with Gasteiger partial charge in [-0.15, -0.1) is 0 Å². The van der Waals surface area contributed by atoms with Crippen molar-refractivity contribution in [2.45, 2.75) is 6.10 Å². The van der Waals surface area contributed by atoms with Gasteiger partial charge in [-0.25, -0.2) is 0 Å². The second kappa shape index (κ2) is 5.61. The van der Waals surface area contributed by atoms with Crippen molar-refractivity contribution in [1.29, 1.82) is 0 Å². The van der Waals surface area contributed by atoms with Gasteiger partial charge >= 0.3 is 0 Å². The van der Waals surface area contributed by atoms with Crippen LogP contribution < -0.4 is 4.74 Å². The molecule has 94 valence electrons. The molecule has 0 radical (unpaired) electrons. The predicted molar refractivity (Wildman–Crippen MR) is 73.5 cm³/mol. The Kier molecular flexibility index (Phi) is 4.12. The van der Waals surface area contributed by atoms with E-state index in [0.717, 1.165) is 0 Å². The summed E-state index contributed by atoms with van der Waals surface area (Å²) in [6.45, 7) is 0. The number of ether oxygens (including phenoxy) is 1. The summed E-state index contributed by atoms with van der Waals surface area (Å²) in [6.07, 6.45) is -0.827. The minimum absolute atomic E-state index is 0.481. The summed E-state index contributed by atoms with van der Waals surface area (Å²) in [4.78, 5) is 0. The van der Waals surface area contributed by atoms with Crippen molar-refractivity contribution < 1.29 is 9.84 Å². The molecule has 0 heterocycles. The minimum Gasteiger partial charge on any atom is -0.497 e. The van der Waals surface area contributed by atoms with Crippen molar-refractivity contribution in [2.24, 2.45) is 0 Å². The van der Waals surface area contributed by atoms with Crippen LogP contribution in [0.2, 0.25) is 10.0 Å². The van der Waals surface area contributed by atoms with E-state index in [0.29, 0.717) is 26.9 Å². The Hall–Kier alpha value is -1.22. The smallest absolute Gasteiger partial charge is 0.119 e. The Balaban J connectivity index is 2.40. The third-order valence-corrected chi connectivity index (χ3v) is 3.24. The molecule has 0 aliphatic carbocycles. The van der Waals surface area contributed by atoms with E-state index in [2.05, 4.69) is 0 Å². The lowest BCUT2D eigenvalue weighted by atomic mass is 10.0. The van der Waals surface area contributed by atoms with E-state index in [9.17, 15) is 5.11 Å². The van der Waals surface area contributed by atoms with Crippen LogP contribution in [0.5, 0.6) is 5.75 Å². The molecular formula is C14H12Cl2O2. The zero-order chi connectivity index (χ0) is 13.1. The SMILES string of the molecule is COc1cccc(C(O)c2cc(Cl)ccc2Cl)c1. The summed E-state index contributed by atoms with van der Waals surface area (Å²) in [6, 6.07) is 12.2. The molecule has 2 rings (SSSR count). The average Bonchev–Trinajstić information content (AvgIpc) is 2.41. The summed E-state index contributed by atoms with van der Waals surface area (Å²) in [5, 5.41) is 11.3. The van der Waals surface area contributed by atoms with Gasteiger partial charge in [0.1, 0.15) is 11.9 Å². The first kappa shape index (κ1) is 13.2. The van der Waals surface area contributed by atoms with Gasteiger partial charge in [0.05, 0.1) is 7.11 Å². The van der Waals surface area contributed by atoms with Crippen LogP contribution in [0.1, 0.15) is 17.2 Å². The minimum atomic E-state index is -0.827. The number of aliphatic hydroxyl groups is 1. The predicted octanol–water partition coefficient (Wildman–Crippen LogP) is 4.08. The number of methoxy groups -OCH3 is 1. The summed E-state index contributed by atoms with van der Waals surface area (Å²) in [7, 11) is 1.58. The van der Waals surface area contributed by atoms with Gasteiger partial charge in [0, 0.05) is 15.6 Å². The highest BCUT2D eigenvalue weighted by Crippen LogP contribution is 2.31. The molecule has 2 aromatic carbocycles. The number of hydrogen-bond donors (Lipinski definition) is 1. The van der Waals surface area contributed by atoms with Crippen LogP contribution in [0.4, 0.5) is 0 Å². The second-order valence-electron chi connectivity index (χ2n) is 3.84. The van der Waals surface area contributed by atoms with Gasteiger partial charge in [-0.2, -0.15) is 0 Å². The van der Waals surface area contributed by atoms with Gasteiger partial charge in [0.15, 0.2) is 0 Å². The molecule has 0 aromatic heterocycles. The molecule has 2 nitrogen and oxygen atoms in total. The van der Waals surface area contributed by atoms with Crippen LogP contribution in [0.3, 0.4) is 0 Å². The number of aliphatic hydroxyl groups excluding tert-OH is 1. The Morgan fingerprint density at radius 2 is 1.89 bits per heavy atom. The molecule has 0 aliphatic rings. The van der Waals surface area contributed by atoms with E-state index in [1.807, 2.05) is 18.2 Å². The topological polar surface area (TPSA) is 29.5 Å². The zero-order valence-corrected chi connectivity index (χ0v) is 11.2. The van der Waals surface area contributed by atoms with E-state index in [-0.39, 0.29) is 0 Å². The van der Waals surface area contributed by atoms with Crippen molar-refractivity contribution in [3.8, 4) is 5.75 Å². The quantitative estimate of drug-likeness (QED) is 0.919. The summed E-state index contributed by atoms with van der Waals surface area (Å²) in [5.74, 6) is 0.685. The van der Waals surface area contributed by atoms with Crippen molar-refractivity contribution in [3.05, 3.63) is 63.6 Å². The van der Waals surface area contributed by atoms with E-state index < -0.39 is 6.10 Å². The van der Waals surface area contributed by atoms with Crippen LogP contribution >= 0.6 is 23.2 Å². The highest BCUT2D eigenvalue weighted by molar-refractivity contribution is 6.33. The zero-order valence-electron chi connectivity index (χ0n) is 9.73. The molecule has 0 saturated heterocycles. The number of rotatable bonds is 3. The molecular weight excluding hydrogens is 271 g/mol. The first-order valence-electron chi connectivity index (χ1n) is 5.39. The molecule has 18 heavy (non-hydrogen) atoms. The molecule has 0 amide bonds. The molecule has 1 N–H and O–H groups in total. The van der Waals surface area contributed by atoms with Gasteiger partial charge in [-0.05, 0) is 35.9 Å². The molecule has 0 spiro atoms. The summed E-state index contributed by atoms with van der Waals surface area (Å²) >= 11 is 12.0. The molecule has 0 aliphatic heterocycles. The van der Waals surface area contributed by atoms with Crippen LogP contribution in [0.25, 0.3) is 0 Å². The van der Waals surface area contributed by atoms with Crippen LogP contribution in [0, 0.1) is 0 Å². The molecule has 4 heteroatoms. The molecule has 2 aromatic rings. The van der Waals surface area contributed by atoms with Crippen LogP contribution in [-0.4, -0.2) is 12.2 Å². The molecule has 1 unspecified atom stereocenters. The van der Waals surface area contributed by atoms with Crippen molar-refractivity contribution in [2.75, 3.05) is 7.11 Å². The first-order valence-corrected chi connectivity index (χ1v) is 6.14. The van der Waals surface area contributed by atoms with Crippen molar-refractivity contribution in [3.63, 3.8) is 0 Å². The molecule has 0 bridgehead atoms. The lowest BCUT2D eigenvalue weighted by molar-refractivity contribution is 0.220. The molecule has 0 saturated carbocycles. The Labute approximate surface area is 116 Å². The fourth-order valence-corrected chi connectivity index (χ4v) is 2.12. The van der Waals surface area contributed by atoms with Crippen molar-refractivity contribution >= 4 is 23.2 Å². The standard InChI is InChI=1S/C14H12Cl2O2/c1-18-11-4-2-3-9(7-11)14(17)12-8-10(15)5-6-13(12)16/h2-8,14,17H,1H3. The normalized spacial score (nSPS) is 12.2.